The minimum atomic E-state index is -3.73. The van der Waals surface area contributed by atoms with E-state index in [1.54, 1.807) is 54.6 Å². The van der Waals surface area contributed by atoms with Crippen molar-refractivity contribution in [3.63, 3.8) is 0 Å². The molecule has 0 saturated heterocycles. The fraction of sp³-hybridized carbons (Fsp3) is 0.211. The number of ether oxygens (including phenoxy) is 1. The summed E-state index contributed by atoms with van der Waals surface area (Å²) >= 11 is 0. The third kappa shape index (κ3) is 4.95. The molecule has 1 heterocycles. The van der Waals surface area contributed by atoms with E-state index in [1.807, 2.05) is 0 Å². The number of carbonyl (C=O) groups excluding carboxylic acids is 1. The van der Waals surface area contributed by atoms with E-state index in [1.165, 1.54) is 7.11 Å². The first-order valence-corrected chi connectivity index (χ1v) is 10.1. The Bertz CT molecular complexity index is 1050. The number of aromatic nitrogens is 2. The van der Waals surface area contributed by atoms with Crippen molar-refractivity contribution in [3.05, 3.63) is 71.6 Å². The molecule has 0 radical (unpaired) electrons. The number of nitrogens with zero attached hydrogens (tertiary/aromatic N) is 2. The molecule has 2 aromatic carbocycles. The minimum Gasteiger partial charge on any atom is -0.497 e. The highest BCUT2D eigenvalue weighted by molar-refractivity contribution is 7.90. The molecule has 0 fully saturated rings. The van der Waals surface area contributed by atoms with Crippen molar-refractivity contribution >= 4 is 15.7 Å². The van der Waals surface area contributed by atoms with Gasteiger partial charge in [0, 0.05) is 18.5 Å². The van der Waals surface area contributed by atoms with Gasteiger partial charge in [0.1, 0.15) is 5.75 Å². The van der Waals surface area contributed by atoms with Crippen LogP contribution in [0.5, 0.6) is 5.75 Å². The first-order chi connectivity index (χ1) is 13.5. The number of methoxy groups -OCH3 is 1. The summed E-state index contributed by atoms with van der Waals surface area (Å²) in [7, 11) is -2.20. The van der Waals surface area contributed by atoms with Crippen LogP contribution in [0.3, 0.4) is 0 Å². The quantitative estimate of drug-likeness (QED) is 0.615. The minimum absolute atomic E-state index is 0.137. The highest BCUT2D eigenvalue weighted by atomic mass is 32.2. The maximum absolute atomic E-state index is 12.4. The van der Waals surface area contributed by atoms with Crippen molar-refractivity contribution in [1.29, 1.82) is 0 Å². The van der Waals surface area contributed by atoms with Gasteiger partial charge >= 0.3 is 5.22 Å². The number of rotatable bonds is 8. The van der Waals surface area contributed by atoms with Gasteiger partial charge in [0.25, 0.3) is 5.91 Å². The van der Waals surface area contributed by atoms with Crippen LogP contribution in [0.25, 0.3) is 0 Å². The highest BCUT2D eigenvalue weighted by Crippen LogP contribution is 2.15. The number of sulfone groups is 1. The van der Waals surface area contributed by atoms with Crippen LogP contribution in [0.15, 0.2) is 64.2 Å². The van der Waals surface area contributed by atoms with Gasteiger partial charge in [-0.25, -0.2) is 8.42 Å². The van der Waals surface area contributed by atoms with Crippen molar-refractivity contribution in [3.8, 4) is 5.75 Å². The molecule has 8 nitrogen and oxygen atoms in total. The molecule has 0 aliphatic carbocycles. The molecule has 28 heavy (non-hydrogen) atoms. The molecular formula is C19H19N3O5S. The highest BCUT2D eigenvalue weighted by Gasteiger charge is 2.23. The summed E-state index contributed by atoms with van der Waals surface area (Å²) in [5.41, 5.74) is 1.09. The lowest BCUT2D eigenvalue weighted by molar-refractivity contribution is 0.0953. The third-order valence-corrected chi connectivity index (χ3v) is 5.28. The van der Waals surface area contributed by atoms with Crippen molar-refractivity contribution in [2.75, 3.05) is 13.7 Å². The van der Waals surface area contributed by atoms with E-state index in [9.17, 15) is 13.2 Å². The Morgan fingerprint density at radius 2 is 1.89 bits per heavy atom. The Hall–Kier alpha value is -3.20. The molecule has 0 bridgehead atoms. The van der Waals surface area contributed by atoms with Crippen LogP contribution in [0.2, 0.25) is 0 Å². The van der Waals surface area contributed by atoms with Crippen LogP contribution in [0, 0.1) is 0 Å². The van der Waals surface area contributed by atoms with Gasteiger partial charge in [0.2, 0.25) is 15.7 Å². The van der Waals surface area contributed by atoms with Crippen LogP contribution in [-0.4, -0.2) is 38.2 Å². The van der Waals surface area contributed by atoms with Crippen molar-refractivity contribution in [2.24, 2.45) is 0 Å². The summed E-state index contributed by atoms with van der Waals surface area (Å²) < 4.78 is 35.1. The van der Waals surface area contributed by atoms with Crippen LogP contribution in [0.4, 0.5) is 0 Å². The maximum Gasteiger partial charge on any atom is 0.335 e. The molecule has 9 heteroatoms. The topological polar surface area (TPSA) is 111 Å². The van der Waals surface area contributed by atoms with Gasteiger partial charge in [-0.05, 0) is 23.8 Å². The van der Waals surface area contributed by atoms with Gasteiger partial charge in [-0.1, -0.05) is 41.5 Å². The van der Waals surface area contributed by atoms with Crippen molar-refractivity contribution in [1.82, 2.24) is 15.5 Å². The monoisotopic (exact) mass is 401 g/mol. The first kappa shape index (κ1) is 19.6. The molecule has 0 aliphatic rings. The zero-order valence-corrected chi connectivity index (χ0v) is 16.0. The Morgan fingerprint density at radius 3 is 2.64 bits per heavy atom. The van der Waals surface area contributed by atoms with Gasteiger partial charge in [0.15, 0.2) is 0 Å². The largest absolute Gasteiger partial charge is 0.497 e. The number of carbonyl (C=O) groups is 1. The Labute approximate surface area is 162 Å². The Kier molecular flexibility index (Phi) is 6.05. The van der Waals surface area contributed by atoms with Crippen LogP contribution in [-0.2, 0) is 22.0 Å². The summed E-state index contributed by atoms with van der Waals surface area (Å²) in [6.07, 6.45) is 0.212. The predicted octanol–water partition coefficient (Wildman–Crippen LogP) is 2.02. The number of hydrogen-bond donors (Lipinski definition) is 1. The van der Waals surface area contributed by atoms with Gasteiger partial charge < -0.3 is 14.5 Å². The number of benzene rings is 2. The molecule has 3 aromatic rings. The average Bonchev–Trinajstić information content (AvgIpc) is 3.18. The summed E-state index contributed by atoms with van der Waals surface area (Å²) in [4.78, 5) is 12.1. The normalized spacial score (nSPS) is 11.2. The summed E-state index contributed by atoms with van der Waals surface area (Å²) in [5, 5.41) is 9.67. The van der Waals surface area contributed by atoms with E-state index < -0.39 is 15.1 Å². The van der Waals surface area contributed by atoms with E-state index >= 15 is 0 Å². The molecule has 1 aromatic heterocycles. The molecule has 146 valence electrons. The lowest BCUT2D eigenvalue weighted by atomic mass is 10.2. The molecule has 0 spiro atoms. The number of amides is 1. The molecule has 1 amide bonds. The number of hydrogen-bond acceptors (Lipinski definition) is 7. The van der Waals surface area contributed by atoms with Crippen LogP contribution >= 0.6 is 0 Å². The molecule has 0 unspecified atom stereocenters. The van der Waals surface area contributed by atoms with Crippen molar-refractivity contribution in [2.45, 2.75) is 17.4 Å². The van der Waals surface area contributed by atoms with Crippen LogP contribution < -0.4 is 10.1 Å². The lowest BCUT2D eigenvalue weighted by Crippen LogP contribution is -2.25. The van der Waals surface area contributed by atoms with E-state index in [4.69, 9.17) is 9.15 Å². The maximum atomic E-state index is 12.4. The first-order valence-electron chi connectivity index (χ1n) is 8.49. The fourth-order valence-corrected chi connectivity index (χ4v) is 3.61. The van der Waals surface area contributed by atoms with E-state index in [0.717, 1.165) is 0 Å². The van der Waals surface area contributed by atoms with Gasteiger partial charge in [-0.3, -0.25) is 4.79 Å². The van der Waals surface area contributed by atoms with Crippen molar-refractivity contribution < 1.29 is 22.4 Å². The summed E-state index contributed by atoms with van der Waals surface area (Å²) in [6, 6.07) is 15.5. The molecular weight excluding hydrogens is 382 g/mol. The standard InChI is InChI=1S/C19H19N3O5S/c1-26-16-9-5-8-15(12-16)18(23)20-11-10-17-21-22-19(27-17)28(24,25)13-14-6-3-2-4-7-14/h2-9,12H,10-11,13H2,1H3,(H,20,23). The second-order valence-corrected chi connectivity index (χ2v) is 7.81. The van der Waals surface area contributed by atoms with E-state index in [2.05, 4.69) is 15.5 Å². The number of nitrogens with one attached hydrogen (secondary N) is 1. The molecule has 3 rings (SSSR count). The summed E-state index contributed by atoms with van der Waals surface area (Å²) in [6.45, 7) is 0.219. The smallest absolute Gasteiger partial charge is 0.335 e. The predicted molar refractivity (Wildman–Crippen MR) is 101 cm³/mol. The average molecular weight is 401 g/mol. The molecule has 0 atom stereocenters. The third-order valence-electron chi connectivity index (χ3n) is 3.87. The zero-order chi connectivity index (χ0) is 20.0. The second kappa shape index (κ2) is 8.66. The van der Waals surface area contributed by atoms with Gasteiger partial charge in [0.05, 0.1) is 12.9 Å². The van der Waals surface area contributed by atoms with E-state index in [-0.39, 0.29) is 30.5 Å². The van der Waals surface area contributed by atoms with Gasteiger partial charge in [-0.15, -0.1) is 5.10 Å². The Morgan fingerprint density at radius 1 is 1.11 bits per heavy atom. The zero-order valence-electron chi connectivity index (χ0n) is 15.2. The van der Waals surface area contributed by atoms with E-state index in [0.29, 0.717) is 16.9 Å². The van der Waals surface area contributed by atoms with Gasteiger partial charge in [-0.2, -0.15) is 0 Å². The Balaban J connectivity index is 1.56. The molecule has 1 N–H and O–H groups in total. The van der Waals surface area contributed by atoms with Crippen LogP contribution in [0.1, 0.15) is 21.8 Å². The summed E-state index contributed by atoms with van der Waals surface area (Å²) in [5.74, 6) is 0.216. The fourth-order valence-electron chi connectivity index (χ4n) is 2.47. The SMILES string of the molecule is COc1cccc(C(=O)NCCc2nnc(S(=O)(=O)Cc3ccccc3)o2)c1. The molecule has 0 saturated carbocycles. The molecule has 0 aliphatic heterocycles. The second-order valence-electron chi connectivity index (χ2n) is 5.94. The lowest BCUT2D eigenvalue weighted by Gasteiger charge is -2.05.